The maximum atomic E-state index is 12.2. The molecule has 0 unspecified atom stereocenters. The Bertz CT molecular complexity index is 775. The van der Waals surface area contributed by atoms with Crippen LogP contribution in [0.2, 0.25) is 0 Å². The van der Waals surface area contributed by atoms with Gasteiger partial charge in [-0.05, 0) is 24.6 Å². The van der Waals surface area contributed by atoms with Gasteiger partial charge in [-0.25, -0.2) is 0 Å². The normalized spacial score (nSPS) is 9.38. The van der Waals surface area contributed by atoms with E-state index in [1.807, 2.05) is 13.0 Å². The summed E-state index contributed by atoms with van der Waals surface area (Å²) in [5.41, 5.74) is 7.65. The molecule has 1 aromatic carbocycles. The zero-order chi connectivity index (χ0) is 15.2. The van der Waals surface area contributed by atoms with Crippen LogP contribution in [0.25, 0.3) is 0 Å². The molecule has 0 fully saturated rings. The van der Waals surface area contributed by atoms with Crippen LogP contribution in [0.3, 0.4) is 0 Å². The molecule has 0 bridgehead atoms. The Labute approximate surface area is 127 Å². The van der Waals surface area contributed by atoms with E-state index in [1.165, 1.54) is 11.3 Å². The second kappa shape index (κ2) is 6.71. The van der Waals surface area contributed by atoms with E-state index in [0.717, 1.165) is 10.4 Å². The van der Waals surface area contributed by atoms with Crippen LogP contribution in [0.1, 0.15) is 26.4 Å². The molecule has 4 nitrogen and oxygen atoms in total. The highest BCUT2D eigenvalue weighted by atomic mass is 32.1. The molecule has 3 N–H and O–H groups in total. The van der Waals surface area contributed by atoms with Crippen molar-refractivity contribution in [3.63, 3.8) is 0 Å². The third-order valence-electron chi connectivity index (χ3n) is 2.81. The number of nitriles is 1. The number of benzene rings is 1. The number of aryl methyl sites for hydroxylation is 1. The lowest BCUT2D eigenvalue weighted by Gasteiger charge is -2.07. The number of carbonyl (C=O) groups is 1. The standard InChI is InChI=1S/C16H13N3OS/c1-11-4-2-6-15(14(11)9-18)19-16(20)12-8-13(21-10-12)5-3-7-17/h2,4,6,8,10H,7,17H2,1H3,(H,19,20). The first kappa shape index (κ1) is 14.8. The second-order valence-corrected chi connectivity index (χ2v) is 5.18. The van der Waals surface area contributed by atoms with E-state index in [9.17, 15) is 4.79 Å². The average molecular weight is 295 g/mol. The van der Waals surface area contributed by atoms with Gasteiger partial charge in [0.2, 0.25) is 0 Å². The molecule has 0 aliphatic rings. The van der Waals surface area contributed by atoms with Gasteiger partial charge < -0.3 is 11.1 Å². The van der Waals surface area contributed by atoms with Crippen LogP contribution in [-0.2, 0) is 0 Å². The predicted octanol–water partition coefficient (Wildman–Crippen LogP) is 2.49. The quantitative estimate of drug-likeness (QED) is 0.835. The number of hydrogen-bond donors (Lipinski definition) is 2. The minimum atomic E-state index is -0.255. The van der Waals surface area contributed by atoms with E-state index in [2.05, 4.69) is 23.2 Å². The van der Waals surface area contributed by atoms with Gasteiger partial charge in [0.1, 0.15) is 6.07 Å². The van der Waals surface area contributed by atoms with Crippen LogP contribution in [0, 0.1) is 30.1 Å². The highest BCUT2D eigenvalue weighted by Gasteiger charge is 2.11. The van der Waals surface area contributed by atoms with Gasteiger partial charge in [-0.3, -0.25) is 4.79 Å². The Morgan fingerprint density at radius 3 is 3.00 bits per heavy atom. The zero-order valence-corrected chi connectivity index (χ0v) is 12.3. The minimum absolute atomic E-state index is 0.255. The summed E-state index contributed by atoms with van der Waals surface area (Å²) in [5.74, 6) is 5.38. The summed E-state index contributed by atoms with van der Waals surface area (Å²) in [7, 11) is 0. The van der Waals surface area contributed by atoms with Crippen molar-refractivity contribution in [3.8, 4) is 17.9 Å². The molecule has 21 heavy (non-hydrogen) atoms. The van der Waals surface area contributed by atoms with Crippen LogP contribution >= 0.6 is 11.3 Å². The number of amides is 1. The molecular formula is C16H13N3OS. The molecule has 0 saturated heterocycles. The fourth-order valence-corrected chi connectivity index (χ4v) is 2.53. The van der Waals surface area contributed by atoms with E-state index >= 15 is 0 Å². The van der Waals surface area contributed by atoms with Gasteiger partial charge in [-0.1, -0.05) is 24.0 Å². The highest BCUT2D eigenvalue weighted by molar-refractivity contribution is 7.10. The monoisotopic (exact) mass is 295 g/mol. The Hall–Kier alpha value is -2.60. The zero-order valence-electron chi connectivity index (χ0n) is 11.4. The molecule has 0 aliphatic heterocycles. The highest BCUT2D eigenvalue weighted by Crippen LogP contribution is 2.20. The van der Waals surface area contributed by atoms with Gasteiger partial charge >= 0.3 is 0 Å². The summed E-state index contributed by atoms with van der Waals surface area (Å²) in [6.45, 7) is 2.12. The fraction of sp³-hybridized carbons (Fsp3) is 0.125. The van der Waals surface area contributed by atoms with Crippen molar-refractivity contribution in [1.82, 2.24) is 0 Å². The van der Waals surface area contributed by atoms with Crippen molar-refractivity contribution in [2.75, 3.05) is 11.9 Å². The summed E-state index contributed by atoms with van der Waals surface area (Å²) >= 11 is 1.39. The molecule has 0 radical (unpaired) electrons. The number of rotatable bonds is 2. The van der Waals surface area contributed by atoms with E-state index in [4.69, 9.17) is 11.0 Å². The third-order valence-corrected chi connectivity index (χ3v) is 3.65. The largest absolute Gasteiger partial charge is 0.321 e. The van der Waals surface area contributed by atoms with E-state index in [0.29, 0.717) is 16.8 Å². The van der Waals surface area contributed by atoms with Crippen molar-refractivity contribution in [2.45, 2.75) is 6.92 Å². The molecule has 0 spiro atoms. The van der Waals surface area contributed by atoms with Crippen LogP contribution in [0.4, 0.5) is 5.69 Å². The number of nitrogens with one attached hydrogen (secondary N) is 1. The van der Waals surface area contributed by atoms with Crippen molar-refractivity contribution >= 4 is 22.9 Å². The molecule has 2 aromatic rings. The summed E-state index contributed by atoms with van der Waals surface area (Å²) in [6, 6.07) is 9.17. The first-order valence-electron chi connectivity index (χ1n) is 6.24. The molecule has 2 rings (SSSR count). The number of carbonyl (C=O) groups excluding carboxylic acids is 1. The Morgan fingerprint density at radius 2 is 2.29 bits per heavy atom. The molecule has 5 heteroatoms. The van der Waals surface area contributed by atoms with Gasteiger partial charge in [0.15, 0.2) is 0 Å². The van der Waals surface area contributed by atoms with Crippen molar-refractivity contribution in [2.24, 2.45) is 5.73 Å². The lowest BCUT2D eigenvalue weighted by atomic mass is 10.1. The molecule has 1 heterocycles. The molecule has 1 amide bonds. The lowest BCUT2D eigenvalue weighted by molar-refractivity contribution is 0.102. The van der Waals surface area contributed by atoms with Crippen LogP contribution in [0.15, 0.2) is 29.6 Å². The summed E-state index contributed by atoms with van der Waals surface area (Å²) < 4.78 is 0. The summed E-state index contributed by atoms with van der Waals surface area (Å²) in [5, 5.41) is 13.6. The topological polar surface area (TPSA) is 78.9 Å². The minimum Gasteiger partial charge on any atom is -0.321 e. The molecular weight excluding hydrogens is 282 g/mol. The molecule has 0 atom stereocenters. The smallest absolute Gasteiger partial charge is 0.256 e. The third kappa shape index (κ3) is 3.49. The number of hydrogen-bond acceptors (Lipinski definition) is 4. The number of anilines is 1. The van der Waals surface area contributed by atoms with Crippen molar-refractivity contribution in [3.05, 3.63) is 51.2 Å². The van der Waals surface area contributed by atoms with Gasteiger partial charge in [0, 0.05) is 5.38 Å². The first-order valence-corrected chi connectivity index (χ1v) is 7.12. The summed E-state index contributed by atoms with van der Waals surface area (Å²) in [6.07, 6.45) is 0. The van der Waals surface area contributed by atoms with E-state index in [-0.39, 0.29) is 12.5 Å². The predicted molar refractivity (Wildman–Crippen MR) is 84.1 cm³/mol. The van der Waals surface area contributed by atoms with Gasteiger partial charge in [-0.2, -0.15) is 5.26 Å². The fourth-order valence-electron chi connectivity index (χ4n) is 1.77. The van der Waals surface area contributed by atoms with Gasteiger partial charge in [0.05, 0.1) is 28.2 Å². The van der Waals surface area contributed by atoms with Crippen molar-refractivity contribution in [1.29, 1.82) is 5.26 Å². The van der Waals surface area contributed by atoms with Crippen LogP contribution in [-0.4, -0.2) is 12.5 Å². The average Bonchev–Trinajstić information content (AvgIpc) is 2.94. The van der Waals surface area contributed by atoms with Crippen LogP contribution < -0.4 is 11.1 Å². The first-order chi connectivity index (χ1) is 10.2. The van der Waals surface area contributed by atoms with E-state index < -0.39 is 0 Å². The van der Waals surface area contributed by atoms with Crippen molar-refractivity contribution < 1.29 is 4.79 Å². The molecule has 1 aromatic heterocycles. The Kier molecular flexibility index (Phi) is 4.73. The van der Waals surface area contributed by atoms with Crippen LogP contribution in [0.5, 0.6) is 0 Å². The number of thiophene rings is 1. The maximum Gasteiger partial charge on any atom is 0.256 e. The summed E-state index contributed by atoms with van der Waals surface area (Å²) in [4.78, 5) is 13.0. The van der Waals surface area contributed by atoms with E-state index in [1.54, 1.807) is 23.6 Å². The molecule has 0 aliphatic carbocycles. The van der Waals surface area contributed by atoms with Gasteiger partial charge in [0.25, 0.3) is 5.91 Å². The second-order valence-electron chi connectivity index (χ2n) is 4.27. The maximum absolute atomic E-state index is 12.2. The lowest BCUT2D eigenvalue weighted by Crippen LogP contribution is -2.12. The number of nitrogens with two attached hydrogens (primary N) is 1. The molecule has 104 valence electrons. The SMILES string of the molecule is Cc1cccc(NC(=O)c2csc(C#CCN)c2)c1C#N. The Morgan fingerprint density at radius 1 is 1.48 bits per heavy atom. The van der Waals surface area contributed by atoms with Gasteiger partial charge in [-0.15, -0.1) is 11.3 Å². The Balaban J connectivity index is 2.21. The molecule has 0 saturated carbocycles. The number of nitrogens with zero attached hydrogens (tertiary/aromatic N) is 1.